The second kappa shape index (κ2) is 8.43. The molecule has 0 fully saturated rings. The molecular weight excluding hydrogens is 376 g/mol. The Morgan fingerprint density at radius 1 is 1.25 bits per heavy atom. The monoisotopic (exact) mass is 398 g/mol. The van der Waals surface area contributed by atoms with Gasteiger partial charge in [0, 0.05) is 12.2 Å². The minimum absolute atomic E-state index is 0.112. The van der Waals surface area contributed by atoms with E-state index in [2.05, 4.69) is 15.3 Å². The Bertz CT molecular complexity index is 1090. The largest absolute Gasteiger partial charge is 0.495 e. The number of aromatic nitrogens is 3. The van der Waals surface area contributed by atoms with Crippen LogP contribution in [-0.4, -0.2) is 33.3 Å². The number of carbonyl (C=O) groups excluding carboxylic acids is 1. The van der Waals surface area contributed by atoms with Crippen molar-refractivity contribution < 1.29 is 9.53 Å². The summed E-state index contributed by atoms with van der Waals surface area (Å²) in [4.78, 5) is 33.7. The van der Waals surface area contributed by atoms with E-state index in [1.54, 1.807) is 19.2 Å². The van der Waals surface area contributed by atoms with Crippen LogP contribution in [0.1, 0.15) is 18.2 Å². The summed E-state index contributed by atoms with van der Waals surface area (Å²) in [5, 5.41) is 3.83. The Labute approximate surface area is 167 Å². The third-order valence-electron chi connectivity index (χ3n) is 4.25. The number of thioether (sulfide) groups is 1. The molecule has 0 radical (unpaired) electrons. The van der Waals surface area contributed by atoms with Gasteiger partial charge in [-0.3, -0.25) is 9.59 Å². The summed E-state index contributed by atoms with van der Waals surface area (Å²) in [6, 6.07) is 9.07. The Hall–Kier alpha value is -2.87. The third kappa shape index (κ3) is 4.01. The van der Waals surface area contributed by atoms with Crippen molar-refractivity contribution in [1.29, 1.82) is 0 Å². The van der Waals surface area contributed by atoms with Crippen molar-refractivity contribution >= 4 is 34.4 Å². The number of fused-ring (bicyclic) bond motifs is 1. The number of hydrogen-bond acceptors (Lipinski definition) is 6. The van der Waals surface area contributed by atoms with Gasteiger partial charge in [0.2, 0.25) is 5.91 Å². The van der Waals surface area contributed by atoms with Crippen LogP contribution in [0.2, 0.25) is 0 Å². The van der Waals surface area contributed by atoms with Gasteiger partial charge in [-0.1, -0.05) is 23.9 Å². The van der Waals surface area contributed by atoms with E-state index in [0.29, 0.717) is 34.2 Å². The van der Waals surface area contributed by atoms with E-state index < -0.39 is 0 Å². The lowest BCUT2D eigenvalue weighted by Gasteiger charge is -2.14. The summed E-state index contributed by atoms with van der Waals surface area (Å²) in [5.74, 6) is 0.492. The Morgan fingerprint density at radius 3 is 2.71 bits per heavy atom. The number of para-hydroxylation sites is 2. The van der Waals surface area contributed by atoms with Gasteiger partial charge in [0.05, 0.1) is 23.9 Å². The van der Waals surface area contributed by atoms with Crippen LogP contribution in [-0.2, 0) is 11.3 Å². The van der Waals surface area contributed by atoms with E-state index in [-0.39, 0.29) is 17.2 Å². The van der Waals surface area contributed by atoms with Gasteiger partial charge in [0.15, 0.2) is 5.16 Å². The summed E-state index contributed by atoms with van der Waals surface area (Å²) in [6.07, 6.45) is 0. The molecule has 2 heterocycles. The van der Waals surface area contributed by atoms with Gasteiger partial charge in [-0.2, -0.15) is 4.98 Å². The highest BCUT2D eigenvalue weighted by molar-refractivity contribution is 7.99. The SMILES string of the molecule is CCn1c(SCC(=O)Nc2ccccc2OC)nc(=O)c2c(C)cc(C)nc21. The lowest BCUT2D eigenvalue weighted by atomic mass is 10.2. The second-order valence-electron chi connectivity index (χ2n) is 6.26. The smallest absolute Gasteiger partial charge is 0.283 e. The molecule has 0 unspecified atom stereocenters. The van der Waals surface area contributed by atoms with Crippen LogP contribution in [0, 0.1) is 13.8 Å². The molecule has 0 saturated heterocycles. The zero-order valence-corrected chi connectivity index (χ0v) is 17.1. The van der Waals surface area contributed by atoms with Crippen molar-refractivity contribution in [3.63, 3.8) is 0 Å². The summed E-state index contributed by atoms with van der Waals surface area (Å²) < 4.78 is 7.12. The fourth-order valence-corrected chi connectivity index (χ4v) is 3.88. The van der Waals surface area contributed by atoms with Crippen LogP contribution in [0.15, 0.2) is 40.3 Å². The lowest BCUT2D eigenvalue weighted by Crippen LogP contribution is -2.20. The molecule has 3 rings (SSSR count). The molecule has 1 N–H and O–H groups in total. The standard InChI is InChI=1S/C20H22N4O3S/c1-5-24-18-17(12(2)10-13(3)21-18)19(26)23-20(24)28-11-16(25)22-14-8-6-7-9-15(14)27-4/h6-10H,5,11H2,1-4H3,(H,22,25). The predicted molar refractivity (Wildman–Crippen MR) is 111 cm³/mol. The van der Waals surface area contributed by atoms with Crippen molar-refractivity contribution in [2.24, 2.45) is 0 Å². The predicted octanol–water partition coefficient (Wildman–Crippen LogP) is 3.17. The molecule has 1 aromatic carbocycles. The Kier molecular flexibility index (Phi) is 5.99. The first-order chi connectivity index (χ1) is 13.4. The molecule has 1 amide bonds. The van der Waals surface area contributed by atoms with Crippen LogP contribution in [0.25, 0.3) is 11.0 Å². The Morgan fingerprint density at radius 2 is 2.00 bits per heavy atom. The number of ether oxygens (including phenoxy) is 1. The third-order valence-corrected chi connectivity index (χ3v) is 5.23. The first-order valence-corrected chi connectivity index (χ1v) is 9.87. The molecule has 146 valence electrons. The molecule has 0 aliphatic carbocycles. The number of nitrogens with zero attached hydrogens (tertiary/aromatic N) is 3. The van der Waals surface area contributed by atoms with Crippen molar-refractivity contribution in [2.75, 3.05) is 18.2 Å². The van der Waals surface area contributed by atoms with Gasteiger partial charge in [0.25, 0.3) is 5.56 Å². The number of methoxy groups -OCH3 is 1. The van der Waals surface area contributed by atoms with E-state index in [4.69, 9.17) is 4.74 Å². The zero-order valence-electron chi connectivity index (χ0n) is 16.3. The van der Waals surface area contributed by atoms with Crippen LogP contribution in [0.3, 0.4) is 0 Å². The number of pyridine rings is 1. The average Bonchev–Trinajstić information content (AvgIpc) is 2.66. The highest BCUT2D eigenvalue weighted by Gasteiger charge is 2.16. The molecular formula is C20H22N4O3S. The number of rotatable bonds is 6. The summed E-state index contributed by atoms with van der Waals surface area (Å²) in [7, 11) is 1.55. The minimum Gasteiger partial charge on any atom is -0.495 e. The molecule has 3 aromatic rings. The summed E-state index contributed by atoms with van der Waals surface area (Å²) in [6.45, 7) is 6.33. The summed E-state index contributed by atoms with van der Waals surface area (Å²) >= 11 is 1.21. The van der Waals surface area contributed by atoms with E-state index in [1.165, 1.54) is 11.8 Å². The van der Waals surface area contributed by atoms with Crippen molar-refractivity contribution in [3.8, 4) is 5.75 Å². The number of aryl methyl sites for hydroxylation is 3. The lowest BCUT2D eigenvalue weighted by molar-refractivity contribution is -0.113. The highest BCUT2D eigenvalue weighted by atomic mass is 32.2. The zero-order chi connectivity index (χ0) is 20.3. The molecule has 0 spiro atoms. The summed E-state index contributed by atoms with van der Waals surface area (Å²) in [5.41, 5.74) is 2.57. The molecule has 0 bridgehead atoms. The number of anilines is 1. The van der Waals surface area contributed by atoms with Crippen LogP contribution in [0.4, 0.5) is 5.69 Å². The highest BCUT2D eigenvalue weighted by Crippen LogP contribution is 2.24. The number of carbonyl (C=O) groups is 1. The van der Waals surface area contributed by atoms with E-state index >= 15 is 0 Å². The molecule has 28 heavy (non-hydrogen) atoms. The molecule has 2 aromatic heterocycles. The van der Waals surface area contributed by atoms with Gasteiger partial charge in [0.1, 0.15) is 11.4 Å². The maximum Gasteiger partial charge on any atom is 0.283 e. The fourth-order valence-electron chi connectivity index (χ4n) is 3.03. The van der Waals surface area contributed by atoms with Crippen molar-refractivity contribution in [2.45, 2.75) is 32.5 Å². The molecule has 0 aliphatic rings. The number of benzene rings is 1. The van der Waals surface area contributed by atoms with E-state index in [9.17, 15) is 9.59 Å². The maximum atomic E-state index is 12.5. The van der Waals surface area contributed by atoms with Gasteiger partial charge in [-0.15, -0.1) is 0 Å². The maximum absolute atomic E-state index is 12.5. The van der Waals surface area contributed by atoms with Gasteiger partial charge < -0.3 is 14.6 Å². The molecule has 7 nitrogen and oxygen atoms in total. The minimum atomic E-state index is -0.322. The molecule has 0 saturated carbocycles. The van der Waals surface area contributed by atoms with Crippen LogP contribution >= 0.6 is 11.8 Å². The number of hydrogen-bond donors (Lipinski definition) is 1. The van der Waals surface area contributed by atoms with E-state index in [0.717, 1.165) is 11.3 Å². The second-order valence-corrected chi connectivity index (χ2v) is 7.20. The van der Waals surface area contributed by atoms with Gasteiger partial charge >= 0.3 is 0 Å². The quantitative estimate of drug-likeness (QED) is 0.507. The van der Waals surface area contributed by atoms with Gasteiger partial charge in [-0.05, 0) is 44.5 Å². The Balaban J connectivity index is 1.86. The molecule has 0 aliphatic heterocycles. The number of amides is 1. The average molecular weight is 398 g/mol. The number of nitrogens with one attached hydrogen (secondary N) is 1. The molecule has 8 heteroatoms. The van der Waals surface area contributed by atoms with Crippen LogP contribution < -0.4 is 15.6 Å². The van der Waals surface area contributed by atoms with Gasteiger partial charge in [-0.25, -0.2) is 4.98 Å². The van der Waals surface area contributed by atoms with E-state index in [1.807, 2.05) is 43.5 Å². The van der Waals surface area contributed by atoms with Crippen molar-refractivity contribution in [1.82, 2.24) is 14.5 Å². The normalized spacial score (nSPS) is 10.9. The fraction of sp³-hybridized carbons (Fsp3) is 0.300. The van der Waals surface area contributed by atoms with Crippen LogP contribution in [0.5, 0.6) is 5.75 Å². The molecule has 0 atom stereocenters. The van der Waals surface area contributed by atoms with Crippen molar-refractivity contribution in [3.05, 3.63) is 51.9 Å². The first kappa shape index (κ1) is 19.9. The first-order valence-electron chi connectivity index (χ1n) is 8.89. The topological polar surface area (TPSA) is 86.1 Å².